The Labute approximate surface area is 259 Å². The topological polar surface area (TPSA) is 43.9 Å². The lowest BCUT2D eigenvalue weighted by Gasteiger charge is -2.12. The van der Waals surface area contributed by atoms with Gasteiger partial charge in [-0.2, -0.15) is 0 Å². The van der Waals surface area contributed by atoms with Gasteiger partial charge in [0.25, 0.3) is 0 Å². The van der Waals surface area contributed by atoms with Gasteiger partial charge in [0.1, 0.15) is 11.2 Å². The van der Waals surface area contributed by atoms with E-state index in [0.29, 0.717) is 5.95 Å². The van der Waals surface area contributed by atoms with E-state index in [0.717, 1.165) is 55.1 Å². The Morgan fingerprint density at radius 1 is 0.511 bits per heavy atom. The molecule has 0 aliphatic heterocycles. The molecule has 0 amide bonds. The number of nitrogens with zero attached hydrogens (tertiary/aromatic N) is 3. The highest BCUT2D eigenvalue weighted by atomic mass is 32.1. The molecule has 11 rings (SSSR count). The summed E-state index contributed by atoms with van der Waals surface area (Å²) in [5.74, 6) is 0.669. The van der Waals surface area contributed by atoms with Gasteiger partial charge in [-0.25, -0.2) is 9.97 Å². The second kappa shape index (κ2) is 8.44. The van der Waals surface area contributed by atoms with Gasteiger partial charge in [-0.1, -0.05) is 72.8 Å². The maximum Gasteiger partial charge on any atom is 0.235 e. The zero-order chi connectivity index (χ0) is 29.2. The van der Waals surface area contributed by atoms with Crippen molar-refractivity contribution in [3.05, 3.63) is 127 Å². The number of para-hydroxylation sites is 2. The Kier molecular flexibility index (Phi) is 4.43. The summed E-state index contributed by atoms with van der Waals surface area (Å²) in [6, 6.07) is 45.2. The van der Waals surface area contributed by atoms with Gasteiger partial charge < -0.3 is 4.42 Å². The molecule has 0 saturated carbocycles. The number of fused-ring (bicyclic) bond motifs is 4. The van der Waals surface area contributed by atoms with Gasteiger partial charge in [0.15, 0.2) is 0 Å². The van der Waals surface area contributed by atoms with E-state index in [1.165, 1.54) is 41.7 Å². The number of hydrogen-bond donors (Lipinski definition) is 0. The first kappa shape index (κ1) is 23.6. The third-order valence-corrected chi connectivity index (χ3v) is 10.5. The number of rotatable bonds is 2. The summed E-state index contributed by atoms with van der Waals surface area (Å²) in [7, 11) is 0. The number of hydrogen-bond acceptors (Lipinski definition) is 4. The minimum atomic E-state index is 0.669. The van der Waals surface area contributed by atoms with Crippen molar-refractivity contribution in [1.29, 1.82) is 0 Å². The van der Waals surface area contributed by atoms with Crippen molar-refractivity contribution in [2.45, 2.75) is 0 Å². The summed E-state index contributed by atoms with van der Waals surface area (Å²) in [6.07, 6.45) is 0. The van der Waals surface area contributed by atoms with E-state index in [9.17, 15) is 0 Å². The van der Waals surface area contributed by atoms with Crippen LogP contribution in [0.1, 0.15) is 0 Å². The van der Waals surface area contributed by atoms with Gasteiger partial charge in [0.05, 0.1) is 22.2 Å². The molecule has 5 heteroatoms. The second-order valence-corrected chi connectivity index (χ2v) is 12.8. The highest BCUT2D eigenvalue weighted by Crippen LogP contribution is 2.46. The van der Waals surface area contributed by atoms with Gasteiger partial charge in [0.2, 0.25) is 5.95 Å². The van der Waals surface area contributed by atoms with Crippen molar-refractivity contribution in [2.75, 3.05) is 0 Å². The third kappa shape index (κ3) is 3.10. The monoisotopic (exact) mass is 591 g/mol. The number of benzene rings is 7. The molecule has 4 nitrogen and oxygen atoms in total. The maximum absolute atomic E-state index is 6.16. The van der Waals surface area contributed by atoms with Crippen molar-refractivity contribution in [3.8, 4) is 17.2 Å². The zero-order valence-electron chi connectivity index (χ0n) is 23.8. The van der Waals surface area contributed by atoms with Gasteiger partial charge in [0, 0.05) is 52.7 Å². The highest BCUT2D eigenvalue weighted by molar-refractivity contribution is 7.24. The smallest absolute Gasteiger partial charge is 0.235 e. The fourth-order valence-corrected chi connectivity index (χ4v) is 8.61. The van der Waals surface area contributed by atoms with Crippen LogP contribution in [0.3, 0.4) is 0 Å². The molecule has 0 radical (unpaired) electrons. The van der Waals surface area contributed by atoms with Crippen molar-refractivity contribution in [1.82, 2.24) is 14.5 Å². The first-order valence-electron chi connectivity index (χ1n) is 15.1. The lowest BCUT2D eigenvalue weighted by molar-refractivity contribution is 0.669. The van der Waals surface area contributed by atoms with Crippen LogP contribution < -0.4 is 0 Å². The second-order valence-electron chi connectivity index (χ2n) is 11.8. The van der Waals surface area contributed by atoms with Crippen LogP contribution in [-0.2, 0) is 0 Å². The molecule has 0 N–H and O–H groups in total. The molecular formula is C40H21N3OS. The van der Waals surface area contributed by atoms with Crippen molar-refractivity contribution in [3.63, 3.8) is 0 Å². The molecule has 0 atom stereocenters. The van der Waals surface area contributed by atoms with Gasteiger partial charge in [-0.3, -0.25) is 4.57 Å². The SMILES string of the molecule is c1ccc2c(-c3ccc4oc5ccccc5c4c3)nc(-n3c4ccc5cccc6sc7cccc8ccc3c(c87)c4c56)nc2c1. The van der Waals surface area contributed by atoms with Crippen molar-refractivity contribution >= 4 is 96.9 Å². The fraction of sp³-hybridized carbons (Fsp3) is 0. The summed E-state index contributed by atoms with van der Waals surface area (Å²) in [5, 5.41) is 10.8. The van der Waals surface area contributed by atoms with Crippen LogP contribution in [0, 0.1) is 0 Å². The predicted molar refractivity (Wildman–Crippen MR) is 188 cm³/mol. The average Bonchev–Trinajstić information content (AvgIpc) is 3.58. The fourth-order valence-electron chi connectivity index (χ4n) is 7.44. The quantitative estimate of drug-likeness (QED) is 0.201. The molecule has 0 fully saturated rings. The molecule has 208 valence electrons. The Morgan fingerprint density at radius 2 is 1.18 bits per heavy atom. The first-order chi connectivity index (χ1) is 22.3. The van der Waals surface area contributed by atoms with E-state index in [2.05, 4.69) is 120 Å². The zero-order valence-corrected chi connectivity index (χ0v) is 24.6. The van der Waals surface area contributed by atoms with E-state index in [4.69, 9.17) is 14.4 Å². The molecule has 4 aromatic heterocycles. The van der Waals surface area contributed by atoms with Crippen molar-refractivity contribution < 1.29 is 4.42 Å². The summed E-state index contributed by atoms with van der Waals surface area (Å²) >= 11 is 1.87. The van der Waals surface area contributed by atoms with E-state index < -0.39 is 0 Å². The van der Waals surface area contributed by atoms with Crippen LogP contribution in [-0.4, -0.2) is 14.5 Å². The normalized spacial score (nSPS) is 12.4. The van der Waals surface area contributed by atoms with Crippen LogP contribution in [0.15, 0.2) is 132 Å². The van der Waals surface area contributed by atoms with Gasteiger partial charge >= 0.3 is 0 Å². The molecule has 0 unspecified atom stereocenters. The minimum absolute atomic E-state index is 0.669. The molecule has 0 saturated heterocycles. The molecule has 0 bridgehead atoms. The largest absolute Gasteiger partial charge is 0.456 e. The lowest BCUT2D eigenvalue weighted by Crippen LogP contribution is -2.03. The standard InChI is InChI=1S/C40H21N3OS/c1-3-11-28-26(10-1)39(24-17-20-32-27(21-24)25-9-2-4-12-31(25)44-32)42-40(41-28)43-29-18-15-22-7-5-13-33-35(22)37(29)38-30(43)19-16-23-8-6-14-34(45-33)36(23)38/h1-21H. The highest BCUT2D eigenvalue weighted by Gasteiger charge is 2.23. The van der Waals surface area contributed by atoms with E-state index in [1.807, 2.05) is 23.5 Å². The number of aromatic nitrogens is 3. The van der Waals surface area contributed by atoms with E-state index in [-0.39, 0.29) is 0 Å². The summed E-state index contributed by atoms with van der Waals surface area (Å²) < 4.78 is 11.0. The van der Waals surface area contributed by atoms with E-state index in [1.54, 1.807) is 0 Å². The maximum atomic E-state index is 6.16. The van der Waals surface area contributed by atoms with Crippen LogP contribution in [0.5, 0.6) is 0 Å². The van der Waals surface area contributed by atoms with Crippen LogP contribution in [0.2, 0.25) is 0 Å². The number of furan rings is 1. The Morgan fingerprint density at radius 3 is 1.93 bits per heavy atom. The van der Waals surface area contributed by atoms with Crippen LogP contribution in [0.25, 0.3) is 103 Å². The molecule has 0 aliphatic rings. The van der Waals surface area contributed by atoms with Gasteiger partial charge in [-0.05, 0) is 65.4 Å². The molecule has 0 spiro atoms. The summed E-state index contributed by atoms with van der Waals surface area (Å²) in [6.45, 7) is 0. The molecule has 11 aromatic rings. The molecule has 7 aromatic carbocycles. The third-order valence-electron chi connectivity index (χ3n) is 9.36. The van der Waals surface area contributed by atoms with Crippen LogP contribution >= 0.6 is 11.3 Å². The average molecular weight is 592 g/mol. The Bertz CT molecular complexity index is 2900. The van der Waals surface area contributed by atoms with E-state index >= 15 is 0 Å². The van der Waals surface area contributed by atoms with Crippen LogP contribution in [0.4, 0.5) is 0 Å². The first-order valence-corrected chi connectivity index (χ1v) is 15.9. The summed E-state index contributed by atoms with van der Waals surface area (Å²) in [4.78, 5) is 10.6. The Balaban J connectivity index is 1.29. The molecule has 0 aliphatic carbocycles. The predicted octanol–water partition coefficient (Wildman–Crippen LogP) is 11.3. The van der Waals surface area contributed by atoms with Crippen molar-refractivity contribution in [2.24, 2.45) is 0 Å². The molecule has 45 heavy (non-hydrogen) atoms. The lowest BCUT2D eigenvalue weighted by atomic mass is 10.00. The van der Waals surface area contributed by atoms with Gasteiger partial charge in [-0.15, -0.1) is 11.3 Å². The molecular weight excluding hydrogens is 571 g/mol. The Hall–Kier alpha value is -5.78. The summed E-state index contributed by atoms with van der Waals surface area (Å²) in [5.41, 5.74) is 6.85. The molecule has 4 heterocycles. The minimum Gasteiger partial charge on any atom is -0.456 e.